The van der Waals surface area contributed by atoms with Crippen LogP contribution in [0, 0.1) is 0 Å². The molecule has 7 heteroatoms. The summed E-state index contributed by atoms with van der Waals surface area (Å²) in [5.74, 6) is 0.736. The number of hydrogen-bond acceptors (Lipinski definition) is 1. The van der Waals surface area contributed by atoms with Gasteiger partial charge in [0.25, 0.3) is 0 Å². The summed E-state index contributed by atoms with van der Waals surface area (Å²) in [6, 6.07) is 5.36. The van der Waals surface area contributed by atoms with E-state index in [1.54, 1.807) is 26.2 Å². The lowest BCUT2D eigenvalue weighted by Crippen LogP contribution is -2.35. The Morgan fingerprint density at radius 2 is 1.76 bits per heavy atom. The van der Waals surface area contributed by atoms with Gasteiger partial charge in [0, 0.05) is 20.6 Å². The number of alkyl halides is 3. The third kappa shape index (κ3) is 7.54. The number of benzene rings is 1. The van der Waals surface area contributed by atoms with Gasteiger partial charge in [0.05, 0.1) is 5.56 Å². The van der Waals surface area contributed by atoms with E-state index in [1.165, 1.54) is 0 Å². The predicted molar refractivity (Wildman–Crippen MR) is 90.2 cm³/mol. The molecule has 120 valence electrons. The van der Waals surface area contributed by atoms with Crippen molar-refractivity contribution in [3.05, 3.63) is 35.4 Å². The molecule has 0 heterocycles. The van der Waals surface area contributed by atoms with Gasteiger partial charge < -0.3 is 10.6 Å². The first kappa shape index (κ1) is 20.0. The van der Waals surface area contributed by atoms with E-state index < -0.39 is 11.7 Å². The van der Waals surface area contributed by atoms with Crippen molar-refractivity contribution in [3.8, 4) is 0 Å². The van der Waals surface area contributed by atoms with Gasteiger partial charge >= 0.3 is 6.18 Å². The van der Waals surface area contributed by atoms with Crippen molar-refractivity contribution in [2.24, 2.45) is 4.99 Å². The molecule has 21 heavy (non-hydrogen) atoms. The monoisotopic (exact) mass is 415 g/mol. The van der Waals surface area contributed by atoms with E-state index in [9.17, 15) is 13.2 Å². The molecule has 0 saturated carbocycles. The second kappa shape index (κ2) is 9.86. The fourth-order valence-electron chi connectivity index (χ4n) is 1.80. The third-order valence-electron chi connectivity index (χ3n) is 2.93. The van der Waals surface area contributed by atoms with Gasteiger partial charge in [-0.2, -0.15) is 13.2 Å². The molecule has 0 aliphatic rings. The zero-order chi connectivity index (χ0) is 15.0. The van der Waals surface area contributed by atoms with Gasteiger partial charge in [0.15, 0.2) is 5.96 Å². The summed E-state index contributed by atoms with van der Waals surface area (Å²) in [5.41, 5.74) is 0.330. The average molecular weight is 415 g/mol. The maximum Gasteiger partial charge on any atom is 0.416 e. The van der Waals surface area contributed by atoms with Crippen LogP contribution >= 0.6 is 24.0 Å². The molecular weight excluding hydrogens is 394 g/mol. The molecule has 1 rings (SSSR count). The standard InChI is InChI=1S/C14H20F3N3.HI/c1-18-13(19-2)20-10-4-3-5-11-6-8-12(9-7-11)14(15,16)17;/h6-9H,3-5,10H2,1-2H3,(H2,18,19,20);1H. The topological polar surface area (TPSA) is 36.4 Å². The van der Waals surface area contributed by atoms with Crippen molar-refractivity contribution in [1.29, 1.82) is 0 Å². The second-order valence-corrected chi connectivity index (χ2v) is 4.40. The Morgan fingerprint density at radius 3 is 2.24 bits per heavy atom. The number of nitrogens with one attached hydrogen (secondary N) is 2. The van der Waals surface area contributed by atoms with Crippen molar-refractivity contribution in [3.63, 3.8) is 0 Å². The maximum atomic E-state index is 12.4. The number of guanidine groups is 1. The van der Waals surface area contributed by atoms with Crippen LogP contribution in [0.5, 0.6) is 0 Å². The van der Waals surface area contributed by atoms with Gasteiger partial charge in [-0.1, -0.05) is 12.1 Å². The molecule has 0 unspecified atom stereocenters. The second-order valence-electron chi connectivity index (χ2n) is 4.40. The summed E-state index contributed by atoms with van der Waals surface area (Å²) in [4.78, 5) is 3.98. The molecule has 0 amide bonds. The average Bonchev–Trinajstić information content (AvgIpc) is 2.42. The van der Waals surface area contributed by atoms with Gasteiger partial charge in [-0.25, -0.2) is 0 Å². The summed E-state index contributed by atoms with van der Waals surface area (Å²) < 4.78 is 37.2. The van der Waals surface area contributed by atoms with Crippen LogP contribution in [0.3, 0.4) is 0 Å². The summed E-state index contributed by atoms with van der Waals surface area (Å²) in [5, 5.41) is 6.04. The van der Waals surface area contributed by atoms with Crippen LogP contribution in [0.15, 0.2) is 29.3 Å². The Balaban J connectivity index is 0.00000400. The number of nitrogens with zero attached hydrogens (tertiary/aromatic N) is 1. The van der Waals surface area contributed by atoms with Gasteiger partial charge in [-0.3, -0.25) is 4.99 Å². The van der Waals surface area contributed by atoms with Crippen molar-refractivity contribution < 1.29 is 13.2 Å². The van der Waals surface area contributed by atoms with E-state index in [4.69, 9.17) is 0 Å². The van der Waals surface area contributed by atoms with Gasteiger partial charge in [0.2, 0.25) is 0 Å². The molecule has 0 bridgehead atoms. The normalized spacial score (nSPS) is 11.8. The molecule has 2 N–H and O–H groups in total. The Kier molecular flexibility index (Phi) is 9.39. The predicted octanol–water partition coefficient (Wildman–Crippen LogP) is 3.44. The lowest BCUT2D eigenvalue weighted by atomic mass is 10.1. The molecule has 0 aliphatic heterocycles. The fourth-order valence-corrected chi connectivity index (χ4v) is 1.80. The summed E-state index contributed by atoms with van der Waals surface area (Å²) in [7, 11) is 3.48. The van der Waals surface area contributed by atoms with Crippen molar-refractivity contribution >= 4 is 29.9 Å². The lowest BCUT2D eigenvalue weighted by Gasteiger charge is -2.09. The van der Waals surface area contributed by atoms with Crippen LogP contribution in [0.1, 0.15) is 24.0 Å². The first-order valence-electron chi connectivity index (χ1n) is 6.52. The van der Waals surface area contributed by atoms with Crippen LogP contribution in [0.4, 0.5) is 13.2 Å². The zero-order valence-electron chi connectivity index (χ0n) is 12.1. The number of hydrogen-bond donors (Lipinski definition) is 2. The number of rotatable bonds is 5. The highest BCUT2D eigenvalue weighted by Gasteiger charge is 2.29. The summed E-state index contributed by atoms with van der Waals surface area (Å²) in [6.07, 6.45) is -1.63. The first-order chi connectivity index (χ1) is 9.47. The first-order valence-corrected chi connectivity index (χ1v) is 6.52. The Morgan fingerprint density at radius 1 is 1.14 bits per heavy atom. The lowest BCUT2D eigenvalue weighted by molar-refractivity contribution is -0.137. The molecule has 0 aliphatic carbocycles. The maximum absolute atomic E-state index is 12.4. The van der Waals surface area contributed by atoms with Gasteiger partial charge in [-0.05, 0) is 37.0 Å². The quantitative estimate of drug-likeness (QED) is 0.335. The molecule has 0 aromatic heterocycles. The minimum atomic E-state index is -4.26. The SMILES string of the molecule is CN=C(NC)NCCCCc1ccc(C(F)(F)F)cc1.I. The summed E-state index contributed by atoms with van der Waals surface area (Å²) >= 11 is 0. The largest absolute Gasteiger partial charge is 0.416 e. The molecule has 0 atom stereocenters. The molecule has 0 spiro atoms. The molecular formula is C14H21F3IN3. The Bertz CT molecular complexity index is 430. The van der Waals surface area contributed by atoms with Crippen LogP contribution in [0.25, 0.3) is 0 Å². The van der Waals surface area contributed by atoms with E-state index >= 15 is 0 Å². The van der Waals surface area contributed by atoms with E-state index in [0.717, 1.165) is 49.5 Å². The molecule has 1 aromatic carbocycles. The minimum absolute atomic E-state index is 0. The highest BCUT2D eigenvalue weighted by atomic mass is 127. The smallest absolute Gasteiger partial charge is 0.359 e. The number of aryl methyl sites for hydroxylation is 1. The number of unbranched alkanes of at least 4 members (excludes halogenated alkanes) is 1. The number of halogens is 4. The molecule has 0 radical (unpaired) electrons. The van der Waals surface area contributed by atoms with Gasteiger partial charge in [0.1, 0.15) is 0 Å². The van der Waals surface area contributed by atoms with E-state index in [2.05, 4.69) is 15.6 Å². The molecule has 0 fully saturated rings. The highest BCUT2D eigenvalue weighted by Crippen LogP contribution is 2.29. The zero-order valence-corrected chi connectivity index (χ0v) is 14.5. The van der Waals surface area contributed by atoms with Crippen molar-refractivity contribution in [1.82, 2.24) is 10.6 Å². The Hall–Kier alpha value is -0.990. The molecule has 0 saturated heterocycles. The summed E-state index contributed by atoms with van der Waals surface area (Å²) in [6.45, 7) is 0.786. The van der Waals surface area contributed by atoms with Gasteiger partial charge in [-0.15, -0.1) is 24.0 Å². The molecule has 1 aromatic rings. The van der Waals surface area contributed by atoms with Crippen molar-refractivity contribution in [2.45, 2.75) is 25.4 Å². The van der Waals surface area contributed by atoms with E-state index in [1.807, 2.05) is 0 Å². The minimum Gasteiger partial charge on any atom is -0.359 e. The van der Waals surface area contributed by atoms with Crippen LogP contribution in [-0.4, -0.2) is 26.6 Å². The molecule has 3 nitrogen and oxygen atoms in total. The van der Waals surface area contributed by atoms with E-state index in [-0.39, 0.29) is 24.0 Å². The third-order valence-corrected chi connectivity index (χ3v) is 2.93. The Labute approximate surface area is 140 Å². The highest BCUT2D eigenvalue weighted by molar-refractivity contribution is 14.0. The van der Waals surface area contributed by atoms with Crippen LogP contribution in [0.2, 0.25) is 0 Å². The number of aliphatic imine (C=N–C) groups is 1. The fraction of sp³-hybridized carbons (Fsp3) is 0.500. The van der Waals surface area contributed by atoms with E-state index in [0.29, 0.717) is 0 Å². The van der Waals surface area contributed by atoms with Crippen LogP contribution in [-0.2, 0) is 12.6 Å². The van der Waals surface area contributed by atoms with Crippen molar-refractivity contribution in [2.75, 3.05) is 20.6 Å². The van der Waals surface area contributed by atoms with Crippen LogP contribution < -0.4 is 10.6 Å².